The topological polar surface area (TPSA) is 82.1 Å². The summed E-state index contributed by atoms with van der Waals surface area (Å²) in [4.78, 5) is 13.4. The van der Waals surface area contributed by atoms with Gasteiger partial charge in [-0.1, -0.05) is 19.0 Å². The Hall–Kier alpha value is -2.46. The van der Waals surface area contributed by atoms with Crippen molar-refractivity contribution in [1.82, 2.24) is 20.0 Å². The van der Waals surface area contributed by atoms with Gasteiger partial charge in [0, 0.05) is 38.3 Å². The highest BCUT2D eigenvalue weighted by Gasteiger charge is 2.27. The van der Waals surface area contributed by atoms with E-state index in [9.17, 15) is 5.26 Å². The van der Waals surface area contributed by atoms with Crippen LogP contribution in [0.2, 0.25) is 0 Å². The van der Waals surface area contributed by atoms with E-state index in [0.717, 1.165) is 37.8 Å². The van der Waals surface area contributed by atoms with Gasteiger partial charge >= 0.3 is 0 Å². The lowest BCUT2D eigenvalue weighted by molar-refractivity contribution is 0.164. The summed E-state index contributed by atoms with van der Waals surface area (Å²) in [5, 5.41) is 13.3. The summed E-state index contributed by atoms with van der Waals surface area (Å²) < 4.78 is 5.42. The van der Waals surface area contributed by atoms with Crippen molar-refractivity contribution in [3.05, 3.63) is 35.6 Å². The average Bonchev–Trinajstić information content (AvgIpc) is 3.11. The van der Waals surface area contributed by atoms with E-state index in [1.165, 1.54) is 0 Å². The van der Waals surface area contributed by atoms with Gasteiger partial charge in [-0.3, -0.25) is 4.90 Å². The van der Waals surface area contributed by atoms with E-state index < -0.39 is 0 Å². The van der Waals surface area contributed by atoms with Gasteiger partial charge in [0.25, 0.3) is 0 Å². The minimum Gasteiger partial charge on any atom is -0.353 e. The molecule has 1 fully saturated rings. The van der Waals surface area contributed by atoms with Gasteiger partial charge in [-0.05, 0) is 19.1 Å². The number of nitriles is 1. The van der Waals surface area contributed by atoms with Crippen molar-refractivity contribution in [1.29, 1.82) is 5.26 Å². The molecule has 2 aromatic heterocycles. The van der Waals surface area contributed by atoms with Crippen LogP contribution in [0.5, 0.6) is 0 Å². The number of piperazine rings is 1. The Morgan fingerprint density at radius 2 is 1.96 bits per heavy atom. The van der Waals surface area contributed by atoms with Gasteiger partial charge in [-0.15, -0.1) is 0 Å². The molecule has 24 heavy (non-hydrogen) atoms. The monoisotopic (exact) mass is 326 g/mol. The van der Waals surface area contributed by atoms with Crippen LogP contribution in [0.4, 0.5) is 5.82 Å². The van der Waals surface area contributed by atoms with Gasteiger partial charge in [0.2, 0.25) is 5.89 Å². The van der Waals surface area contributed by atoms with Crippen molar-refractivity contribution in [2.45, 2.75) is 32.7 Å². The molecule has 2 aromatic rings. The first-order chi connectivity index (χ1) is 11.6. The van der Waals surface area contributed by atoms with Crippen LogP contribution in [0.15, 0.2) is 22.9 Å². The highest BCUT2D eigenvalue weighted by Crippen LogP contribution is 2.24. The summed E-state index contributed by atoms with van der Waals surface area (Å²) in [5.74, 6) is 2.46. The predicted molar refractivity (Wildman–Crippen MR) is 89.5 cm³/mol. The zero-order valence-corrected chi connectivity index (χ0v) is 14.3. The van der Waals surface area contributed by atoms with Crippen LogP contribution in [0, 0.1) is 11.3 Å². The molecule has 0 radical (unpaired) electrons. The van der Waals surface area contributed by atoms with Gasteiger partial charge in [0.1, 0.15) is 11.9 Å². The molecular formula is C17H22N6O. The Balaban J connectivity index is 1.65. The molecule has 7 heteroatoms. The van der Waals surface area contributed by atoms with E-state index in [1.807, 2.05) is 6.07 Å². The molecule has 1 aliphatic heterocycles. The minimum atomic E-state index is 0.0892. The van der Waals surface area contributed by atoms with Gasteiger partial charge < -0.3 is 9.42 Å². The molecule has 1 aliphatic rings. The molecular weight excluding hydrogens is 304 g/mol. The molecule has 3 heterocycles. The Bertz CT molecular complexity index is 727. The van der Waals surface area contributed by atoms with Crippen LogP contribution in [-0.2, 0) is 0 Å². The van der Waals surface area contributed by atoms with Gasteiger partial charge in [-0.2, -0.15) is 10.2 Å². The predicted octanol–water partition coefficient (Wildman–Crippen LogP) is 2.34. The first-order valence-corrected chi connectivity index (χ1v) is 8.27. The van der Waals surface area contributed by atoms with Crippen molar-refractivity contribution in [3.63, 3.8) is 0 Å². The van der Waals surface area contributed by atoms with E-state index in [4.69, 9.17) is 4.52 Å². The van der Waals surface area contributed by atoms with Gasteiger partial charge in [0.05, 0.1) is 11.6 Å². The molecule has 0 saturated carbocycles. The number of rotatable bonds is 4. The largest absolute Gasteiger partial charge is 0.353 e. The lowest BCUT2D eigenvalue weighted by Crippen LogP contribution is -2.47. The van der Waals surface area contributed by atoms with E-state index in [1.54, 1.807) is 12.3 Å². The molecule has 3 rings (SSSR count). The van der Waals surface area contributed by atoms with Crippen LogP contribution >= 0.6 is 0 Å². The third kappa shape index (κ3) is 3.24. The van der Waals surface area contributed by atoms with E-state index in [-0.39, 0.29) is 12.0 Å². The lowest BCUT2D eigenvalue weighted by atomic mass is 10.2. The quantitative estimate of drug-likeness (QED) is 0.853. The molecule has 0 bridgehead atoms. The third-order valence-corrected chi connectivity index (χ3v) is 4.40. The number of hydrogen-bond donors (Lipinski definition) is 0. The van der Waals surface area contributed by atoms with E-state index >= 15 is 0 Å². The number of anilines is 1. The van der Waals surface area contributed by atoms with Gasteiger partial charge in [-0.25, -0.2) is 4.98 Å². The molecule has 0 N–H and O–H groups in total. The summed E-state index contributed by atoms with van der Waals surface area (Å²) in [6.45, 7) is 9.57. The van der Waals surface area contributed by atoms with Crippen molar-refractivity contribution in [2.24, 2.45) is 0 Å². The summed E-state index contributed by atoms with van der Waals surface area (Å²) in [6, 6.07) is 5.91. The Morgan fingerprint density at radius 3 is 2.58 bits per heavy atom. The summed E-state index contributed by atoms with van der Waals surface area (Å²) >= 11 is 0. The fourth-order valence-corrected chi connectivity index (χ4v) is 2.86. The van der Waals surface area contributed by atoms with Gasteiger partial charge in [0.15, 0.2) is 5.82 Å². The van der Waals surface area contributed by atoms with Crippen LogP contribution < -0.4 is 4.90 Å². The zero-order chi connectivity index (χ0) is 17.1. The summed E-state index contributed by atoms with van der Waals surface area (Å²) in [7, 11) is 0. The smallest absolute Gasteiger partial charge is 0.243 e. The molecule has 0 spiro atoms. The van der Waals surface area contributed by atoms with E-state index in [2.05, 4.69) is 51.8 Å². The summed E-state index contributed by atoms with van der Waals surface area (Å²) in [6.07, 6.45) is 1.73. The maximum atomic E-state index is 9.23. The standard InChI is InChI=1S/C17H22N6O/c1-12(2)15-20-17(24-21-15)13(3)22-7-9-23(10-8-22)16-14(11-18)5-4-6-19-16/h4-6,12-13H,7-10H2,1-3H3/t13-/m1/s1. The first kappa shape index (κ1) is 16.4. The normalized spacial score (nSPS) is 17.0. The molecule has 1 saturated heterocycles. The SMILES string of the molecule is CC(C)c1noc([C@@H](C)N2CCN(c3ncccc3C#N)CC2)n1. The number of hydrogen-bond acceptors (Lipinski definition) is 7. The molecule has 0 aliphatic carbocycles. The van der Waals surface area contributed by atoms with Crippen LogP contribution in [0.1, 0.15) is 50.0 Å². The van der Waals surface area contributed by atoms with Crippen molar-refractivity contribution >= 4 is 5.82 Å². The summed E-state index contributed by atoms with van der Waals surface area (Å²) in [5.41, 5.74) is 0.623. The number of nitrogens with zero attached hydrogens (tertiary/aromatic N) is 6. The maximum Gasteiger partial charge on any atom is 0.243 e. The Morgan fingerprint density at radius 1 is 1.21 bits per heavy atom. The second-order valence-electron chi connectivity index (χ2n) is 6.33. The van der Waals surface area contributed by atoms with Crippen molar-refractivity contribution < 1.29 is 4.52 Å². The lowest BCUT2D eigenvalue weighted by Gasteiger charge is -2.37. The Kier molecular flexibility index (Phi) is 4.76. The number of pyridine rings is 1. The Labute approximate surface area is 141 Å². The highest BCUT2D eigenvalue weighted by atomic mass is 16.5. The zero-order valence-electron chi connectivity index (χ0n) is 14.3. The second-order valence-corrected chi connectivity index (χ2v) is 6.33. The molecule has 0 aromatic carbocycles. The fraction of sp³-hybridized carbons (Fsp3) is 0.529. The fourth-order valence-electron chi connectivity index (χ4n) is 2.86. The maximum absolute atomic E-state index is 9.23. The first-order valence-electron chi connectivity index (χ1n) is 8.27. The third-order valence-electron chi connectivity index (χ3n) is 4.40. The van der Waals surface area contributed by atoms with Crippen molar-refractivity contribution in [2.75, 3.05) is 31.1 Å². The average molecular weight is 326 g/mol. The minimum absolute atomic E-state index is 0.0892. The molecule has 126 valence electrons. The van der Waals surface area contributed by atoms with Crippen molar-refractivity contribution in [3.8, 4) is 6.07 Å². The van der Waals surface area contributed by atoms with Crippen LogP contribution in [0.3, 0.4) is 0 Å². The molecule has 1 atom stereocenters. The number of aromatic nitrogens is 3. The highest BCUT2D eigenvalue weighted by molar-refractivity contribution is 5.53. The molecule has 7 nitrogen and oxygen atoms in total. The van der Waals surface area contributed by atoms with Crippen LogP contribution in [-0.4, -0.2) is 46.2 Å². The molecule has 0 unspecified atom stereocenters. The van der Waals surface area contributed by atoms with E-state index in [0.29, 0.717) is 11.5 Å². The second kappa shape index (κ2) is 6.97. The van der Waals surface area contributed by atoms with Crippen LogP contribution in [0.25, 0.3) is 0 Å². The molecule has 0 amide bonds.